The van der Waals surface area contributed by atoms with Crippen LogP contribution in [-0.4, -0.2) is 59.9 Å². The van der Waals surface area contributed by atoms with Crippen molar-refractivity contribution in [3.05, 3.63) is 11.8 Å². The summed E-state index contributed by atoms with van der Waals surface area (Å²) in [4.78, 5) is 12.7. The topological polar surface area (TPSA) is 95.9 Å². The number of aliphatic hydroxyl groups excluding tert-OH is 1. The van der Waals surface area contributed by atoms with E-state index in [0.29, 0.717) is 32.7 Å². The number of carboxylic acid groups (broad SMARTS) is 1. The molecule has 0 saturated carbocycles. The van der Waals surface area contributed by atoms with Crippen molar-refractivity contribution in [2.24, 2.45) is 0 Å². The second-order valence-corrected chi connectivity index (χ2v) is 5.88. The third kappa shape index (κ3) is 17.4. The first-order valence-electron chi connectivity index (χ1n) is 8.68. The maximum atomic E-state index is 11.5. The smallest absolute Gasteiger partial charge is 0.875 e. The molecule has 24 heavy (non-hydrogen) atoms. The van der Waals surface area contributed by atoms with Gasteiger partial charge in [0.1, 0.15) is 0 Å². The zero-order valence-corrected chi connectivity index (χ0v) is 18.7. The van der Waals surface area contributed by atoms with E-state index in [1.165, 1.54) is 0 Å². The Morgan fingerprint density at radius 2 is 2.00 bits per heavy atom. The van der Waals surface area contributed by atoms with Gasteiger partial charge >= 0.3 is 57.4 Å². The molecule has 136 valence electrons. The van der Waals surface area contributed by atoms with Gasteiger partial charge in [-0.1, -0.05) is 39.2 Å². The molecule has 0 aliphatic carbocycles. The van der Waals surface area contributed by atoms with Crippen molar-refractivity contribution in [3.63, 3.8) is 0 Å². The summed E-state index contributed by atoms with van der Waals surface area (Å²) in [6, 6.07) is 0. The second kappa shape index (κ2) is 18.3. The average Bonchev–Trinajstić information content (AvgIpc) is 2.52. The molecule has 0 amide bonds. The van der Waals surface area contributed by atoms with Crippen LogP contribution < -0.4 is 61.8 Å². The van der Waals surface area contributed by atoms with Crippen molar-refractivity contribution in [1.82, 2.24) is 10.2 Å². The summed E-state index contributed by atoms with van der Waals surface area (Å²) in [5.41, 5.74) is 0. The maximum absolute atomic E-state index is 11.5. The Labute approximate surface area is 189 Å². The first-order valence-corrected chi connectivity index (χ1v) is 8.68. The van der Waals surface area contributed by atoms with Crippen LogP contribution in [0, 0.1) is 0 Å². The van der Waals surface area contributed by atoms with Crippen molar-refractivity contribution in [2.45, 2.75) is 58.5 Å². The van der Waals surface area contributed by atoms with Crippen LogP contribution in [0.1, 0.15) is 52.4 Å². The molecule has 0 aliphatic heterocycles. The van der Waals surface area contributed by atoms with Crippen LogP contribution in [0.5, 0.6) is 0 Å². The Hall–Kier alpha value is 0.526. The number of hydrogen-bond donors (Lipinski definition) is 3. The van der Waals surface area contributed by atoms with Crippen LogP contribution in [-0.2, 0) is 4.79 Å². The van der Waals surface area contributed by atoms with E-state index in [-0.39, 0.29) is 63.6 Å². The Kier molecular flexibility index (Phi) is 20.4. The summed E-state index contributed by atoms with van der Waals surface area (Å²) >= 11 is 0. The first-order chi connectivity index (χ1) is 11.0. The molecule has 0 aliphatic rings. The van der Waals surface area contributed by atoms with Gasteiger partial charge in [0.05, 0.1) is 12.5 Å². The van der Waals surface area contributed by atoms with Gasteiger partial charge in [-0.15, -0.1) is 5.76 Å². The minimum absolute atomic E-state index is 0. The maximum Gasteiger partial charge on any atom is 1.00 e. The van der Waals surface area contributed by atoms with Crippen LogP contribution in [0.4, 0.5) is 0 Å². The number of rotatable bonds is 15. The van der Waals surface area contributed by atoms with E-state index in [1.54, 1.807) is 6.08 Å². The predicted octanol–water partition coefficient (Wildman–Crippen LogP) is -2.05. The number of nitrogens with one attached hydrogen (secondary N) is 1. The minimum atomic E-state index is -0.838. The zero-order valence-electron chi connectivity index (χ0n) is 15.6. The molecule has 0 heterocycles. The largest absolute Gasteiger partial charge is 1.00 e. The molecular formula is C17H33KN2O4. The molecule has 7 heteroatoms. The summed E-state index contributed by atoms with van der Waals surface area (Å²) in [6.45, 7) is 6.53. The number of carboxylic acids is 1. The summed E-state index contributed by atoms with van der Waals surface area (Å²) in [5, 5.41) is 33.4. The van der Waals surface area contributed by atoms with Gasteiger partial charge in [0.25, 0.3) is 0 Å². The fourth-order valence-electron chi connectivity index (χ4n) is 2.20. The SMILES string of the molecule is CCC/C=C(\[O-])CNCCN(CCC(=O)O)CC(O)CCCC.[K+]. The molecule has 6 nitrogen and oxygen atoms in total. The third-order valence-corrected chi connectivity index (χ3v) is 3.57. The summed E-state index contributed by atoms with van der Waals surface area (Å²) < 4.78 is 0. The van der Waals surface area contributed by atoms with Crippen molar-refractivity contribution in [3.8, 4) is 0 Å². The number of aliphatic carboxylic acids is 1. The van der Waals surface area contributed by atoms with Gasteiger partial charge in [0, 0.05) is 32.7 Å². The first kappa shape index (κ1) is 26.8. The van der Waals surface area contributed by atoms with Crippen molar-refractivity contribution in [1.29, 1.82) is 0 Å². The molecule has 0 rings (SSSR count). The Morgan fingerprint density at radius 3 is 2.58 bits per heavy atom. The molecule has 0 fully saturated rings. The molecule has 0 saturated heterocycles. The molecule has 0 aromatic rings. The minimum Gasteiger partial charge on any atom is -0.875 e. The molecule has 3 N–H and O–H groups in total. The van der Waals surface area contributed by atoms with Gasteiger partial charge in [-0.2, -0.15) is 0 Å². The van der Waals surface area contributed by atoms with Crippen molar-refractivity contribution >= 4 is 5.97 Å². The molecule has 0 aromatic heterocycles. The van der Waals surface area contributed by atoms with Gasteiger partial charge < -0.3 is 20.6 Å². The van der Waals surface area contributed by atoms with E-state index < -0.39 is 12.1 Å². The molecule has 0 radical (unpaired) electrons. The van der Waals surface area contributed by atoms with E-state index in [9.17, 15) is 15.0 Å². The number of unbranched alkanes of at least 4 members (excludes halogenated alkanes) is 2. The number of allylic oxidation sites excluding steroid dienone is 1. The number of hydrogen-bond acceptors (Lipinski definition) is 5. The van der Waals surface area contributed by atoms with Crippen LogP contribution in [0.3, 0.4) is 0 Å². The summed E-state index contributed by atoms with van der Waals surface area (Å²) in [5.74, 6) is -0.748. The second-order valence-electron chi connectivity index (χ2n) is 5.88. The van der Waals surface area contributed by atoms with Crippen molar-refractivity contribution in [2.75, 3.05) is 32.7 Å². The molecule has 0 bridgehead atoms. The van der Waals surface area contributed by atoms with Gasteiger partial charge in [-0.25, -0.2) is 0 Å². The normalized spacial score (nSPS) is 12.9. The number of nitrogens with zero attached hydrogens (tertiary/aromatic N) is 1. The van der Waals surface area contributed by atoms with Crippen LogP contribution in [0.15, 0.2) is 11.8 Å². The molecule has 0 spiro atoms. The molecule has 0 aromatic carbocycles. The van der Waals surface area contributed by atoms with Crippen LogP contribution in [0.2, 0.25) is 0 Å². The third-order valence-electron chi connectivity index (χ3n) is 3.57. The van der Waals surface area contributed by atoms with E-state index in [1.807, 2.05) is 11.8 Å². The van der Waals surface area contributed by atoms with Gasteiger partial charge in [0.15, 0.2) is 0 Å². The predicted molar refractivity (Wildman–Crippen MR) is 90.1 cm³/mol. The number of aliphatic hydroxyl groups is 1. The Balaban J connectivity index is 0. The monoisotopic (exact) mass is 368 g/mol. The fourth-order valence-corrected chi connectivity index (χ4v) is 2.20. The van der Waals surface area contributed by atoms with Crippen LogP contribution in [0.25, 0.3) is 0 Å². The molecular weight excluding hydrogens is 335 g/mol. The summed E-state index contributed by atoms with van der Waals surface area (Å²) in [6.07, 6.45) is 5.83. The van der Waals surface area contributed by atoms with Crippen molar-refractivity contribution < 1.29 is 71.5 Å². The molecule has 1 atom stereocenters. The van der Waals surface area contributed by atoms with Crippen LogP contribution >= 0.6 is 0 Å². The Bertz CT molecular complexity index is 341. The quantitative estimate of drug-likeness (QED) is 0.175. The van der Waals surface area contributed by atoms with Gasteiger partial charge in [-0.3, -0.25) is 9.69 Å². The van der Waals surface area contributed by atoms with E-state index in [2.05, 4.69) is 12.2 Å². The molecule has 1 unspecified atom stereocenters. The fraction of sp³-hybridized carbons (Fsp3) is 0.824. The van der Waals surface area contributed by atoms with E-state index >= 15 is 0 Å². The van der Waals surface area contributed by atoms with E-state index in [4.69, 9.17) is 5.11 Å². The van der Waals surface area contributed by atoms with E-state index in [0.717, 1.165) is 32.1 Å². The standard InChI is InChI=1S/C17H34N2O4.K/c1-3-5-7-15(20)13-18-10-12-19(11-9-17(22)23)14-16(21)8-6-4-2;/h7,16,18,20-21H,3-6,8-14H2,1-2H3,(H,22,23);/q;+1/p-1/b15-7-;. The summed E-state index contributed by atoms with van der Waals surface area (Å²) in [7, 11) is 0. The Morgan fingerprint density at radius 1 is 1.29 bits per heavy atom. The van der Waals surface area contributed by atoms with Gasteiger partial charge in [-0.05, 0) is 12.8 Å². The zero-order chi connectivity index (χ0) is 17.5. The number of carbonyl (C=O) groups is 1. The van der Waals surface area contributed by atoms with Gasteiger partial charge in [0.2, 0.25) is 0 Å². The average molecular weight is 369 g/mol.